The lowest BCUT2D eigenvalue weighted by molar-refractivity contribution is -0.182. The Bertz CT molecular complexity index is 1220. The molecule has 2 fully saturated rings. The van der Waals surface area contributed by atoms with Crippen molar-refractivity contribution in [3.05, 3.63) is 0 Å². The van der Waals surface area contributed by atoms with E-state index in [2.05, 4.69) is 93.1 Å². The Labute approximate surface area is 393 Å². The Balaban J connectivity index is 2.22. The first kappa shape index (κ1) is 57.9. The number of likely N-dealkylation sites (tertiary alicyclic amines) is 2. The van der Waals surface area contributed by atoms with Gasteiger partial charge in [0, 0.05) is 47.8 Å². The molecular formula is C54H100N2O8. The smallest absolute Gasteiger partial charge is 0.310 e. The number of esters is 4. The lowest BCUT2D eigenvalue weighted by Gasteiger charge is -2.51. The molecule has 2 aliphatic rings. The summed E-state index contributed by atoms with van der Waals surface area (Å²) in [7, 11) is 4.18. The zero-order chi connectivity index (χ0) is 47.7. The van der Waals surface area contributed by atoms with Gasteiger partial charge in [-0.15, -0.1) is 0 Å². The van der Waals surface area contributed by atoms with E-state index in [0.29, 0.717) is 12.8 Å². The molecule has 2 heterocycles. The zero-order valence-electron chi connectivity index (χ0n) is 43.6. The first-order valence-electron chi connectivity index (χ1n) is 26.6. The van der Waals surface area contributed by atoms with Crippen molar-refractivity contribution in [1.82, 2.24) is 9.80 Å². The average molecular weight is 905 g/mol. The lowest BCUT2D eigenvalue weighted by Crippen LogP contribution is -2.59. The summed E-state index contributed by atoms with van der Waals surface area (Å²) in [5.41, 5.74) is -0.492. The molecule has 2 aliphatic heterocycles. The van der Waals surface area contributed by atoms with Gasteiger partial charge in [-0.05, 0) is 68.5 Å². The van der Waals surface area contributed by atoms with Gasteiger partial charge >= 0.3 is 23.9 Å². The summed E-state index contributed by atoms with van der Waals surface area (Å²) in [4.78, 5) is 61.2. The zero-order valence-corrected chi connectivity index (χ0v) is 43.6. The fraction of sp³-hybridized carbons (Fsp3) is 0.926. The van der Waals surface area contributed by atoms with Crippen molar-refractivity contribution in [1.29, 1.82) is 0 Å². The number of ether oxygens (including phenoxy) is 4. The Morgan fingerprint density at radius 1 is 0.469 bits per heavy atom. The molecule has 2 rings (SSSR count). The highest BCUT2D eigenvalue weighted by Crippen LogP contribution is 2.39. The molecule has 10 heteroatoms. The molecule has 0 aliphatic carbocycles. The van der Waals surface area contributed by atoms with Crippen molar-refractivity contribution in [3.8, 4) is 0 Å². The van der Waals surface area contributed by atoms with E-state index in [1.54, 1.807) is 0 Å². The van der Waals surface area contributed by atoms with Crippen LogP contribution in [-0.4, -0.2) is 96.4 Å². The molecule has 0 aromatic carbocycles. The fourth-order valence-corrected chi connectivity index (χ4v) is 10.0. The standard InChI is InChI=1S/C54H100N2O8/c1-13-15-17-19-21-23-25-27-29-31-33-35-61-49(57)37-45(51(59)63-47-39-53(7,8)55(11)43(5)41(47)3)46(52(60)64-48-40-54(9,10)56(12)44(6)42(48)4)38-50(58)62-36-34-32-30-28-26-24-22-20-18-16-14-2/h41-48H,13-40H2,1-12H3. The summed E-state index contributed by atoms with van der Waals surface area (Å²) in [6, 6.07) is 0.247. The van der Waals surface area contributed by atoms with E-state index in [4.69, 9.17) is 18.9 Å². The van der Waals surface area contributed by atoms with Gasteiger partial charge in [-0.25, -0.2) is 0 Å². The van der Waals surface area contributed by atoms with E-state index in [1.165, 1.54) is 103 Å². The van der Waals surface area contributed by atoms with Crippen molar-refractivity contribution in [2.24, 2.45) is 23.7 Å². The number of nitrogens with zero attached hydrogens (tertiary/aromatic N) is 2. The molecule has 8 unspecified atom stereocenters. The number of unbranched alkanes of at least 4 members (excludes halogenated alkanes) is 20. The molecule has 64 heavy (non-hydrogen) atoms. The predicted molar refractivity (Wildman–Crippen MR) is 261 cm³/mol. The normalized spacial score (nSPS) is 24.4. The molecule has 0 spiro atoms. The van der Waals surface area contributed by atoms with Gasteiger partial charge in [0.1, 0.15) is 12.2 Å². The molecule has 2 saturated heterocycles. The summed E-state index contributed by atoms with van der Waals surface area (Å²) >= 11 is 0. The predicted octanol–water partition coefficient (Wildman–Crippen LogP) is 12.8. The van der Waals surface area contributed by atoms with E-state index in [9.17, 15) is 19.2 Å². The van der Waals surface area contributed by atoms with Gasteiger partial charge in [0.2, 0.25) is 0 Å². The lowest BCUT2D eigenvalue weighted by atomic mass is 9.78. The summed E-state index contributed by atoms with van der Waals surface area (Å²) in [6.45, 7) is 21.9. The highest BCUT2D eigenvalue weighted by molar-refractivity contribution is 5.88. The van der Waals surface area contributed by atoms with Gasteiger partial charge < -0.3 is 18.9 Å². The fourth-order valence-electron chi connectivity index (χ4n) is 10.0. The Hall–Kier alpha value is -2.20. The maximum atomic E-state index is 14.6. The number of hydrogen-bond acceptors (Lipinski definition) is 10. The minimum absolute atomic E-state index is 0.000549. The van der Waals surface area contributed by atoms with Crippen LogP contribution < -0.4 is 0 Å². The largest absolute Gasteiger partial charge is 0.466 e. The topological polar surface area (TPSA) is 112 Å². The molecule has 10 nitrogen and oxygen atoms in total. The minimum Gasteiger partial charge on any atom is -0.466 e. The van der Waals surface area contributed by atoms with Crippen LogP contribution in [0.15, 0.2) is 0 Å². The quantitative estimate of drug-likeness (QED) is 0.0358. The Morgan fingerprint density at radius 3 is 1.02 bits per heavy atom. The molecule has 0 saturated carbocycles. The molecule has 0 amide bonds. The Kier molecular flexibility index (Phi) is 28.0. The van der Waals surface area contributed by atoms with E-state index in [1.807, 2.05) is 0 Å². The van der Waals surface area contributed by atoms with Crippen LogP contribution in [0.4, 0.5) is 0 Å². The van der Waals surface area contributed by atoms with Crippen molar-refractivity contribution >= 4 is 23.9 Å². The second-order valence-corrected chi connectivity index (χ2v) is 21.5. The SMILES string of the molecule is CCCCCCCCCCCCCOC(=O)CC(C(=O)OC1CC(C)(C)N(C)C(C)C1C)C(CC(=O)OCCCCCCCCCCCCC)C(=O)OC1CC(C)(C)N(C)C(C)C1C. The third-order valence-corrected chi connectivity index (χ3v) is 15.6. The third kappa shape index (κ3) is 20.8. The number of carbonyl (C=O) groups excluding carboxylic acids is 4. The van der Waals surface area contributed by atoms with Crippen LogP contribution >= 0.6 is 0 Å². The molecule has 0 aromatic rings. The van der Waals surface area contributed by atoms with Crippen molar-refractivity contribution in [2.45, 2.75) is 272 Å². The number of piperidine rings is 2. The van der Waals surface area contributed by atoms with E-state index in [0.717, 1.165) is 38.5 Å². The van der Waals surface area contributed by atoms with E-state index in [-0.39, 0.29) is 61.1 Å². The molecule has 0 radical (unpaired) electrons. The van der Waals surface area contributed by atoms with Crippen LogP contribution in [0.1, 0.15) is 236 Å². The minimum atomic E-state index is -1.27. The van der Waals surface area contributed by atoms with Crippen LogP contribution in [0, 0.1) is 23.7 Å². The van der Waals surface area contributed by atoms with Gasteiger partial charge in [0.05, 0.1) is 37.9 Å². The molecule has 0 N–H and O–H groups in total. The highest BCUT2D eigenvalue weighted by Gasteiger charge is 2.48. The number of hydrogen-bond donors (Lipinski definition) is 0. The van der Waals surface area contributed by atoms with Crippen LogP contribution in [0.25, 0.3) is 0 Å². The van der Waals surface area contributed by atoms with Crippen LogP contribution in [-0.2, 0) is 38.1 Å². The number of rotatable bonds is 33. The van der Waals surface area contributed by atoms with Crippen LogP contribution in [0.2, 0.25) is 0 Å². The van der Waals surface area contributed by atoms with Crippen LogP contribution in [0.3, 0.4) is 0 Å². The van der Waals surface area contributed by atoms with Crippen molar-refractivity contribution in [2.75, 3.05) is 27.3 Å². The molecule has 0 bridgehead atoms. The molecule has 8 atom stereocenters. The van der Waals surface area contributed by atoms with Crippen molar-refractivity contribution < 1.29 is 38.1 Å². The average Bonchev–Trinajstić information content (AvgIpc) is 3.25. The summed E-state index contributed by atoms with van der Waals surface area (Å²) in [5, 5.41) is 0. The summed E-state index contributed by atoms with van der Waals surface area (Å²) in [6.07, 6.45) is 25.5. The first-order chi connectivity index (χ1) is 30.4. The Morgan fingerprint density at radius 2 is 0.734 bits per heavy atom. The second kappa shape index (κ2) is 31.0. The molecule has 0 aromatic heterocycles. The monoisotopic (exact) mass is 905 g/mol. The summed E-state index contributed by atoms with van der Waals surface area (Å²) < 4.78 is 24.2. The van der Waals surface area contributed by atoms with Gasteiger partial charge in [-0.2, -0.15) is 0 Å². The summed E-state index contributed by atoms with van der Waals surface area (Å²) in [5.74, 6) is -5.03. The van der Waals surface area contributed by atoms with Gasteiger partial charge in [0.15, 0.2) is 0 Å². The maximum Gasteiger partial charge on any atom is 0.310 e. The van der Waals surface area contributed by atoms with Crippen molar-refractivity contribution in [3.63, 3.8) is 0 Å². The number of carbonyl (C=O) groups is 4. The maximum absolute atomic E-state index is 14.6. The van der Waals surface area contributed by atoms with E-state index < -0.39 is 47.9 Å². The van der Waals surface area contributed by atoms with E-state index >= 15 is 0 Å². The second-order valence-electron chi connectivity index (χ2n) is 21.5. The van der Waals surface area contributed by atoms with Gasteiger partial charge in [-0.1, -0.05) is 156 Å². The van der Waals surface area contributed by atoms with Gasteiger partial charge in [-0.3, -0.25) is 29.0 Å². The van der Waals surface area contributed by atoms with Gasteiger partial charge in [0.25, 0.3) is 0 Å². The third-order valence-electron chi connectivity index (χ3n) is 15.6. The molecule has 374 valence electrons. The van der Waals surface area contributed by atoms with Crippen LogP contribution in [0.5, 0.6) is 0 Å². The molecular weight excluding hydrogens is 805 g/mol. The highest BCUT2D eigenvalue weighted by atomic mass is 16.6. The first-order valence-corrected chi connectivity index (χ1v) is 26.6.